The number of para-hydroxylation sites is 4. The quantitative estimate of drug-likeness (QED) is 0.161. The zero-order valence-corrected chi connectivity index (χ0v) is 33.7. The molecule has 9 aromatic carbocycles. The lowest BCUT2D eigenvalue weighted by Gasteiger charge is -2.16. The summed E-state index contributed by atoms with van der Waals surface area (Å²) in [4.78, 5) is 11.0. The predicted molar refractivity (Wildman–Crippen MR) is 258 cm³/mol. The highest BCUT2D eigenvalue weighted by atomic mass is 15.0. The van der Waals surface area contributed by atoms with Gasteiger partial charge < -0.3 is 9.13 Å². The van der Waals surface area contributed by atoms with Crippen LogP contribution in [0.15, 0.2) is 231 Å². The minimum absolute atomic E-state index is 0.650. The minimum atomic E-state index is 0.650. The zero-order chi connectivity index (χ0) is 41.0. The third-order valence-corrected chi connectivity index (χ3v) is 12.1. The van der Waals surface area contributed by atoms with Gasteiger partial charge in [-0.1, -0.05) is 170 Å². The Labute approximate surface area is 359 Å². The average molecular weight is 791 g/mol. The Kier molecular flexibility index (Phi) is 8.46. The average Bonchev–Trinajstić information content (AvgIpc) is 3.88. The highest BCUT2D eigenvalue weighted by Crippen LogP contribution is 2.39. The van der Waals surface area contributed by atoms with Crippen molar-refractivity contribution in [3.63, 3.8) is 0 Å². The number of aromatic nitrogens is 4. The molecule has 0 radical (unpaired) electrons. The van der Waals surface area contributed by atoms with Crippen LogP contribution in [0.25, 0.3) is 111 Å². The van der Waals surface area contributed by atoms with Gasteiger partial charge in [0, 0.05) is 49.6 Å². The first-order valence-electron chi connectivity index (χ1n) is 21.1. The Morgan fingerprint density at radius 1 is 0.242 bits per heavy atom. The number of nitrogens with zero attached hydrogens (tertiary/aromatic N) is 4. The lowest BCUT2D eigenvalue weighted by Crippen LogP contribution is -2.02. The molecule has 4 heteroatoms. The van der Waals surface area contributed by atoms with Crippen LogP contribution in [0.4, 0.5) is 0 Å². The molecule has 0 N–H and O–H groups in total. The minimum Gasteiger partial charge on any atom is -0.309 e. The Morgan fingerprint density at radius 2 is 0.581 bits per heavy atom. The van der Waals surface area contributed by atoms with Crippen LogP contribution >= 0.6 is 0 Å². The summed E-state index contributed by atoms with van der Waals surface area (Å²) in [5.74, 6) is 0.650. The molecule has 290 valence electrons. The second-order valence-corrected chi connectivity index (χ2v) is 15.8. The highest BCUT2D eigenvalue weighted by Gasteiger charge is 2.19. The topological polar surface area (TPSA) is 35.6 Å². The SMILES string of the molecule is c1ccc(-c2cccc(-c3cc(-c4cccc(-c5ccccc5)c4)nc(-c4cc(-n5c6ccccc6c6ccccc65)cc(-n5c6ccccc6c6ccccc65)c4)n3)c2)cc1. The largest absolute Gasteiger partial charge is 0.309 e. The van der Waals surface area contributed by atoms with E-state index in [0.717, 1.165) is 83.8 Å². The van der Waals surface area contributed by atoms with Crippen molar-refractivity contribution >= 4 is 43.6 Å². The molecule has 0 aliphatic heterocycles. The Hall–Kier alpha value is -8.34. The summed E-state index contributed by atoms with van der Waals surface area (Å²) in [5, 5.41) is 4.85. The lowest BCUT2D eigenvalue weighted by atomic mass is 9.99. The van der Waals surface area contributed by atoms with Crippen molar-refractivity contribution in [1.29, 1.82) is 0 Å². The maximum atomic E-state index is 5.48. The van der Waals surface area contributed by atoms with Crippen LogP contribution in [0.5, 0.6) is 0 Å². The second-order valence-electron chi connectivity index (χ2n) is 15.8. The van der Waals surface area contributed by atoms with Gasteiger partial charge in [-0.15, -0.1) is 0 Å². The monoisotopic (exact) mass is 790 g/mol. The molecule has 0 atom stereocenters. The number of rotatable bonds is 7. The first-order valence-corrected chi connectivity index (χ1v) is 21.1. The molecule has 0 spiro atoms. The molecule has 0 aliphatic rings. The van der Waals surface area contributed by atoms with Crippen LogP contribution in [-0.2, 0) is 0 Å². The first kappa shape index (κ1) is 35.6. The summed E-state index contributed by atoms with van der Waals surface area (Å²) in [6.07, 6.45) is 0. The molecular formula is C58H38N4. The van der Waals surface area contributed by atoms with E-state index in [9.17, 15) is 0 Å². The van der Waals surface area contributed by atoms with Gasteiger partial charge in [0.05, 0.1) is 33.5 Å². The molecule has 0 saturated heterocycles. The molecule has 0 unspecified atom stereocenters. The van der Waals surface area contributed by atoms with Crippen molar-refractivity contribution in [2.24, 2.45) is 0 Å². The van der Waals surface area contributed by atoms with Crippen molar-refractivity contribution in [2.45, 2.75) is 0 Å². The second kappa shape index (κ2) is 14.7. The van der Waals surface area contributed by atoms with Crippen LogP contribution in [-0.4, -0.2) is 19.1 Å². The zero-order valence-electron chi connectivity index (χ0n) is 33.7. The van der Waals surface area contributed by atoms with Crippen molar-refractivity contribution < 1.29 is 0 Å². The summed E-state index contributed by atoms with van der Waals surface area (Å²) in [7, 11) is 0. The number of hydrogen-bond acceptors (Lipinski definition) is 2. The molecule has 0 bridgehead atoms. The summed E-state index contributed by atoms with van der Waals surface area (Å²) in [5.41, 5.74) is 15.9. The van der Waals surface area contributed by atoms with Gasteiger partial charge in [0.25, 0.3) is 0 Å². The van der Waals surface area contributed by atoms with Crippen LogP contribution in [0.1, 0.15) is 0 Å². The number of fused-ring (bicyclic) bond motifs is 6. The molecular weight excluding hydrogens is 753 g/mol. The Bertz CT molecular complexity index is 3300. The van der Waals surface area contributed by atoms with Crippen LogP contribution < -0.4 is 0 Å². The van der Waals surface area contributed by atoms with E-state index in [1.54, 1.807) is 0 Å². The van der Waals surface area contributed by atoms with E-state index < -0.39 is 0 Å². The molecule has 3 aromatic heterocycles. The Morgan fingerprint density at radius 3 is 0.984 bits per heavy atom. The van der Waals surface area contributed by atoms with Gasteiger partial charge in [0.15, 0.2) is 5.82 Å². The predicted octanol–water partition coefficient (Wildman–Crippen LogP) is 15.0. The Balaban J connectivity index is 1.14. The van der Waals surface area contributed by atoms with Gasteiger partial charge in [-0.05, 0) is 82.9 Å². The van der Waals surface area contributed by atoms with Gasteiger partial charge >= 0.3 is 0 Å². The molecule has 0 aliphatic carbocycles. The van der Waals surface area contributed by atoms with Crippen molar-refractivity contribution in [1.82, 2.24) is 19.1 Å². The van der Waals surface area contributed by atoms with Crippen molar-refractivity contribution in [3.8, 4) is 67.5 Å². The van der Waals surface area contributed by atoms with E-state index in [2.05, 4.69) is 240 Å². The lowest BCUT2D eigenvalue weighted by molar-refractivity contribution is 1.12. The fourth-order valence-electron chi connectivity index (χ4n) is 9.23. The van der Waals surface area contributed by atoms with Gasteiger partial charge in [-0.3, -0.25) is 0 Å². The molecule has 3 heterocycles. The summed E-state index contributed by atoms with van der Waals surface area (Å²) in [6, 6.07) is 82.2. The van der Waals surface area contributed by atoms with E-state index >= 15 is 0 Å². The number of benzene rings is 9. The van der Waals surface area contributed by atoms with E-state index in [0.29, 0.717) is 5.82 Å². The molecule has 0 amide bonds. The summed E-state index contributed by atoms with van der Waals surface area (Å²) in [6.45, 7) is 0. The standard InChI is InChI=1S/C58H38N4/c1-3-17-39(18-4-1)41-21-15-23-43(33-41)52-38-53(44-24-16-22-42(34-44)40-19-5-2-6-20-40)60-58(59-52)45-35-46(61-54-29-11-7-25-48(54)49-26-8-12-30-55(49)61)37-47(36-45)62-56-31-13-9-27-50(56)51-28-10-14-32-57(51)62/h1-38H. The summed E-state index contributed by atoms with van der Waals surface area (Å²) >= 11 is 0. The van der Waals surface area contributed by atoms with Crippen molar-refractivity contribution in [2.75, 3.05) is 0 Å². The molecule has 12 rings (SSSR count). The van der Waals surface area contributed by atoms with Crippen LogP contribution in [0, 0.1) is 0 Å². The number of hydrogen-bond donors (Lipinski definition) is 0. The third-order valence-electron chi connectivity index (χ3n) is 12.1. The van der Waals surface area contributed by atoms with Gasteiger partial charge in [0.1, 0.15) is 0 Å². The fourth-order valence-corrected chi connectivity index (χ4v) is 9.23. The van der Waals surface area contributed by atoms with E-state index in [4.69, 9.17) is 9.97 Å². The van der Waals surface area contributed by atoms with E-state index in [1.165, 1.54) is 21.5 Å². The third kappa shape index (κ3) is 6.08. The van der Waals surface area contributed by atoms with E-state index in [1.807, 2.05) is 0 Å². The van der Waals surface area contributed by atoms with Gasteiger partial charge in [-0.2, -0.15) is 0 Å². The molecule has 0 saturated carbocycles. The van der Waals surface area contributed by atoms with Gasteiger partial charge in [-0.25, -0.2) is 9.97 Å². The highest BCUT2D eigenvalue weighted by molar-refractivity contribution is 6.10. The maximum Gasteiger partial charge on any atom is 0.160 e. The van der Waals surface area contributed by atoms with Crippen LogP contribution in [0.3, 0.4) is 0 Å². The van der Waals surface area contributed by atoms with Crippen molar-refractivity contribution in [3.05, 3.63) is 231 Å². The van der Waals surface area contributed by atoms with Gasteiger partial charge in [0.2, 0.25) is 0 Å². The molecule has 12 aromatic rings. The first-order chi connectivity index (χ1) is 30.7. The smallest absolute Gasteiger partial charge is 0.160 e. The molecule has 0 fully saturated rings. The normalized spacial score (nSPS) is 11.5. The summed E-state index contributed by atoms with van der Waals surface area (Å²) < 4.78 is 4.78. The molecule has 62 heavy (non-hydrogen) atoms. The van der Waals surface area contributed by atoms with Crippen LogP contribution in [0.2, 0.25) is 0 Å². The maximum absolute atomic E-state index is 5.48. The van der Waals surface area contributed by atoms with E-state index in [-0.39, 0.29) is 0 Å². The fraction of sp³-hybridized carbons (Fsp3) is 0. The molecule has 4 nitrogen and oxygen atoms in total.